The van der Waals surface area contributed by atoms with Crippen LogP contribution in [0.25, 0.3) is 0 Å². The number of halogens is 2. The Hall–Kier alpha value is -2.09. The maximum absolute atomic E-state index is 11.8. The van der Waals surface area contributed by atoms with Crippen LogP contribution in [-0.4, -0.2) is 34.5 Å². The zero-order valence-electron chi connectivity index (χ0n) is 14.7. The summed E-state index contributed by atoms with van der Waals surface area (Å²) in [6.07, 6.45) is 1.16. The van der Waals surface area contributed by atoms with Crippen molar-refractivity contribution in [3.8, 4) is 5.75 Å². The number of carbonyl (C=O) groups excluding carboxylic acids is 1. The zero-order valence-corrected chi connectivity index (χ0v) is 17.0. The third kappa shape index (κ3) is 9.42. The Morgan fingerprint density at radius 3 is 2.33 bits per heavy atom. The molecule has 0 aliphatic rings. The molecule has 146 valence electrons. The number of hydrogen-bond donors (Lipinski definition) is 2. The molecule has 6 nitrogen and oxygen atoms in total. The minimum Gasteiger partial charge on any atom is -0.492 e. The number of nitrogens with one attached hydrogen (secondary N) is 2. The molecule has 0 fully saturated rings. The molecule has 0 saturated heterocycles. The molecule has 0 aliphatic carbocycles. The number of amides is 1. The van der Waals surface area contributed by atoms with Crippen molar-refractivity contribution < 1.29 is 17.9 Å². The molecule has 0 spiro atoms. The average molecular weight is 431 g/mol. The molecule has 2 aromatic rings. The summed E-state index contributed by atoms with van der Waals surface area (Å²) in [5.41, 5.74) is 2.19. The van der Waals surface area contributed by atoms with E-state index in [9.17, 15) is 4.79 Å². The van der Waals surface area contributed by atoms with Crippen LogP contribution in [0.3, 0.4) is 0 Å². The second kappa shape index (κ2) is 13.1. The highest BCUT2D eigenvalue weighted by Gasteiger charge is 2.03. The van der Waals surface area contributed by atoms with Crippen molar-refractivity contribution in [1.82, 2.24) is 5.32 Å². The number of carbonyl (C=O) groups is 1. The van der Waals surface area contributed by atoms with Crippen molar-refractivity contribution in [1.29, 1.82) is 0 Å². The van der Waals surface area contributed by atoms with Crippen molar-refractivity contribution in [2.45, 2.75) is 12.8 Å². The van der Waals surface area contributed by atoms with Gasteiger partial charge in [-0.15, -0.1) is 0 Å². The fourth-order valence-electron chi connectivity index (χ4n) is 2.11. The van der Waals surface area contributed by atoms with Crippen LogP contribution in [0.15, 0.2) is 42.5 Å². The van der Waals surface area contributed by atoms with Gasteiger partial charge in [-0.3, -0.25) is 4.79 Å². The first-order chi connectivity index (χ1) is 13.0. The lowest BCUT2D eigenvalue weighted by molar-refractivity contribution is -0.121. The molecule has 2 rings (SSSR count). The molecule has 0 atom stereocenters. The summed E-state index contributed by atoms with van der Waals surface area (Å²) < 4.78 is 22.1. The van der Waals surface area contributed by atoms with E-state index in [1.807, 2.05) is 31.3 Å². The lowest BCUT2D eigenvalue weighted by Crippen LogP contribution is -2.28. The highest BCUT2D eigenvalue weighted by atomic mass is 35.5. The van der Waals surface area contributed by atoms with Gasteiger partial charge in [0.1, 0.15) is 12.4 Å². The Kier molecular flexibility index (Phi) is 11.2. The van der Waals surface area contributed by atoms with Crippen LogP contribution < -0.4 is 15.4 Å². The van der Waals surface area contributed by atoms with Gasteiger partial charge in [0.05, 0.1) is 16.6 Å². The van der Waals surface area contributed by atoms with Crippen LogP contribution in [0, 0.1) is 0 Å². The summed E-state index contributed by atoms with van der Waals surface area (Å²) in [5.74, 6) is 0.633. The number of anilines is 1. The summed E-state index contributed by atoms with van der Waals surface area (Å²) in [4.78, 5) is 11.8. The van der Waals surface area contributed by atoms with E-state index in [1.54, 1.807) is 18.2 Å². The van der Waals surface area contributed by atoms with Crippen LogP contribution in [0.2, 0.25) is 10.0 Å². The summed E-state index contributed by atoms with van der Waals surface area (Å²) in [6.45, 7) is 0.818. The Balaban J connectivity index is 0.00000114. The largest absolute Gasteiger partial charge is 0.492 e. The Bertz CT molecular complexity index is 766. The quantitative estimate of drug-likeness (QED) is 0.626. The molecule has 9 heteroatoms. The highest BCUT2D eigenvalue weighted by molar-refractivity contribution is 7.51. The van der Waals surface area contributed by atoms with Gasteiger partial charge in [-0.2, -0.15) is 8.42 Å². The topological polar surface area (TPSA) is 84.5 Å². The molecule has 0 unspecified atom stereocenters. The molecule has 2 aromatic carbocycles. The minimum absolute atomic E-state index is 0.00503. The van der Waals surface area contributed by atoms with Crippen molar-refractivity contribution in [2.75, 3.05) is 25.5 Å². The normalized spacial score (nSPS) is 9.59. The van der Waals surface area contributed by atoms with Crippen molar-refractivity contribution in [3.05, 3.63) is 58.1 Å². The average Bonchev–Trinajstić information content (AvgIpc) is 2.67. The van der Waals surface area contributed by atoms with E-state index in [2.05, 4.69) is 10.6 Å². The van der Waals surface area contributed by atoms with Crippen molar-refractivity contribution >= 4 is 46.4 Å². The van der Waals surface area contributed by atoms with E-state index in [0.29, 0.717) is 41.8 Å². The minimum atomic E-state index is -0.750. The van der Waals surface area contributed by atoms with E-state index < -0.39 is 11.6 Å². The number of ether oxygens (including phenoxy) is 1. The van der Waals surface area contributed by atoms with E-state index >= 15 is 0 Å². The maximum atomic E-state index is 11.8. The van der Waals surface area contributed by atoms with Gasteiger partial charge in [-0.05, 0) is 36.2 Å². The first-order valence-electron chi connectivity index (χ1n) is 8.03. The predicted octanol–water partition coefficient (Wildman–Crippen LogP) is 3.49. The van der Waals surface area contributed by atoms with E-state index in [4.69, 9.17) is 36.4 Å². The van der Waals surface area contributed by atoms with Crippen LogP contribution in [0.4, 0.5) is 5.69 Å². The standard InChI is InChI=1S/C18H20Cl2N2O2.O2S/c1-21-14-5-2-13(3-6-14)4-9-18(23)22-10-11-24-15-7-8-16(19)17(20)12-15;1-3-2/h2-3,5-8,12,21H,4,9-11H2,1H3,(H,22,23);. The van der Waals surface area contributed by atoms with Gasteiger partial charge in [0.15, 0.2) is 0 Å². The molecule has 0 bridgehead atoms. The van der Waals surface area contributed by atoms with E-state index in [-0.39, 0.29) is 5.91 Å². The van der Waals surface area contributed by atoms with Crippen LogP contribution in [0.1, 0.15) is 12.0 Å². The zero-order chi connectivity index (χ0) is 20.1. The van der Waals surface area contributed by atoms with Gasteiger partial charge >= 0.3 is 11.6 Å². The second-order valence-electron chi connectivity index (χ2n) is 5.29. The first-order valence-corrected chi connectivity index (χ1v) is 9.45. The van der Waals surface area contributed by atoms with Gasteiger partial charge in [-0.1, -0.05) is 35.3 Å². The monoisotopic (exact) mass is 430 g/mol. The van der Waals surface area contributed by atoms with E-state index in [1.165, 1.54) is 0 Å². The third-order valence-corrected chi connectivity index (χ3v) is 4.21. The molecular formula is C18H20Cl2N2O4S. The summed E-state index contributed by atoms with van der Waals surface area (Å²) in [6, 6.07) is 13.1. The van der Waals surface area contributed by atoms with Crippen LogP contribution in [0.5, 0.6) is 5.75 Å². The Labute approximate surface area is 171 Å². The summed E-state index contributed by atoms with van der Waals surface area (Å²) in [5, 5.41) is 6.83. The molecular weight excluding hydrogens is 411 g/mol. The fraction of sp³-hybridized carbons (Fsp3) is 0.278. The maximum Gasteiger partial charge on any atom is 0.335 e. The molecule has 0 saturated carbocycles. The van der Waals surface area contributed by atoms with Gasteiger partial charge in [0.2, 0.25) is 5.91 Å². The second-order valence-corrected chi connectivity index (χ2v) is 6.24. The summed E-state index contributed by atoms with van der Waals surface area (Å²) in [7, 11) is 1.88. The van der Waals surface area contributed by atoms with E-state index in [0.717, 1.165) is 11.3 Å². The number of rotatable bonds is 8. The molecule has 0 aromatic heterocycles. The SMILES string of the molecule is CNc1ccc(CCC(=O)NCCOc2ccc(Cl)c(Cl)c2)cc1.O=S=O. The smallest absolute Gasteiger partial charge is 0.335 e. The molecule has 0 heterocycles. The van der Waals surface area contributed by atoms with Gasteiger partial charge in [0, 0.05) is 25.2 Å². The third-order valence-electron chi connectivity index (χ3n) is 3.47. The summed E-state index contributed by atoms with van der Waals surface area (Å²) >= 11 is 11.0. The number of aryl methyl sites for hydroxylation is 1. The van der Waals surface area contributed by atoms with Crippen molar-refractivity contribution in [2.24, 2.45) is 0 Å². The fourth-order valence-corrected chi connectivity index (χ4v) is 2.40. The molecule has 2 N–H and O–H groups in total. The lowest BCUT2D eigenvalue weighted by Gasteiger charge is -2.09. The Morgan fingerprint density at radius 1 is 1.07 bits per heavy atom. The molecule has 27 heavy (non-hydrogen) atoms. The van der Waals surface area contributed by atoms with Gasteiger partial charge < -0.3 is 15.4 Å². The number of hydrogen-bond acceptors (Lipinski definition) is 5. The predicted molar refractivity (Wildman–Crippen MR) is 108 cm³/mol. The lowest BCUT2D eigenvalue weighted by atomic mass is 10.1. The van der Waals surface area contributed by atoms with Gasteiger partial charge in [0.25, 0.3) is 0 Å². The molecule has 1 amide bonds. The number of benzene rings is 2. The van der Waals surface area contributed by atoms with Crippen LogP contribution in [-0.2, 0) is 22.8 Å². The highest BCUT2D eigenvalue weighted by Crippen LogP contribution is 2.26. The molecule has 0 radical (unpaired) electrons. The van der Waals surface area contributed by atoms with Gasteiger partial charge in [-0.25, -0.2) is 0 Å². The first kappa shape index (κ1) is 23.0. The van der Waals surface area contributed by atoms with Crippen LogP contribution >= 0.6 is 23.2 Å². The Morgan fingerprint density at radius 2 is 1.74 bits per heavy atom. The molecule has 0 aliphatic heterocycles. The van der Waals surface area contributed by atoms with Crippen molar-refractivity contribution in [3.63, 3.8) is 0 Å².